The first-order valence-electron chi connectivity index (χ1n) is 13.2. The van der Waals surface area contributed by atoms with Gasteiger partial charge in [0.2, 0.25) is 0 Å². The highest BCUT2D eigenvalue weighted by Crippen LogP contribution is 2.59. The number of carbonyl (C=O) groups is 1. The monoisotopic (exact) mass is 470 g/mol. The minimum atomic E-state index is -1.17. The van der Waals surface area contributed by atoms with Gasteiger partial charge in [-0.05, 0) is 87.5 Å². The van der Waals surface area contributed by atoms with Crippen LogP contribution >= 0.6 is 0 Å². The van der Waals surface area contributed by atoms with E-state index in [1.165, 1.54) is 31.3 Å². The fraction of sp³-hybridized carbons (Fsp3) is 0.700. The highest BCUT2D eigenvalue weighted by Gasteiger charge is 2.50. The minimum absolute atomic E-state index is 0.122. The summed E-state index contributed by atoms with van der Waals surface area (Å²) in [7, 11) is 0. The second kappa shape index (κ2) is 10.1. The highest BCUT2D eigenvalue weighted by atomic mass is 16.4. The van der Waals surface area contributed by atoms with Crippen LogP contribution in [0.2, 0.25) is 0 Å². The number of aliphatic hydroxyl groups is 2. The Morgan fingerprint density at radius 1 is 1.18 bits per heavy atom. The van der Waals surface area contributed by atoms with E-state index >= 15 is 0 Å². The van der Waals surface area contributed by atoms with Gasteiger partial charge in [0, 0.05) is 12.3 Å². The summed E-state index contributed by atoms with van der Waals surface area (Å²) in [5.74, 6) is 0.844. The fourth-order valence-electron chi connectivity index (χ4n) is 6.78. The molecule has 190 valence electrons. The second-order valence-electron chi connectivity index (χ2n) is 12.3. The number of rotatable bonds is 7. The molecule has 3 fully saturated rings. The number of carboxylic acids is 1. The van der Waals surface area contributed by atoms with Crippen molar-refractivity contribution in [2.24, 2.45) is 29.1 Å². The van der Waals surface area contributed by atoms with E-state index in [1.807, 2.05) is 13.8 Å². The summed E-state index contributed by atoms with van der Waals surface area (Å²) in [6.45, 7) is 14.8. The zero-order valence-corrected chi connectivity index (χ0v) is 21.9. The summed E-state index contributed by atoms with van der Waals surface area (Å²) < 4.78 is 0. The predicted molar refractivity (Wildman–Crippen MR) is 138 cm³/mol. The molecule has 0 aromatic heterocycles. The third kappa shape index (κ3) is 5.94. The lowest BCUT2D eigenvalue weighted by Crippen LogP contribution is -2.36. The van der Waals surface area contributed by atoms with Crippen molar-refractivity contribution in [3.8, 4) is 0 Å². The van der Waals surface area contributed by atoms with Crippen LogP contribution in [0.1, 0.15) is 92.4 Å². The molecule has 3 N–H and O–H groups in total. The minimum Gasteiger partial charge on any atom is -0.481 e. The molecule has 0 heterocycles. The molecule has 0 aromatic rings. The maximum atomic E-state index is 11.2. The van der Waals surface area contributed by atoms with Crippen molar-refractivity contribution in [1.82, 2.24) is 0 Å². The third-order valence-electron chi connectivity index (χ3n) is 9.33. The van der Waals surface area contributed by atoms with Crippen molar-refractivity contribution in [3.63, 3.8) is 0 Å². The summed E-state index contributed by atoms with van der Waals surface area (Å²) in [6, 6.07) is 0. The molecule has 0 saturated heterocycles. The van der Waals surface area contributed by atoms with E-state index in [-0.39, 0.29) is 17.8 Å². The maximum Gasteiger partial charge on any atom is 0.306 e. The molecular formula is C30H46O4. The number of hydrogen-bond acceptors (Lipinski definition) is 3. The Morgan fingerprint density at radius 3 is 2.53 bits per heavy atom. The zero-order valence-electron chi connectivity index (χ0n) is 21.9. The van der Waals surface area contributed by atoms with Gasteiger partial charge in [-0.15, -0.1) is 0 Å². The van der Waals surface area contributed by atoms with Crippen LogP contribution in [-0.2, 0) is 4.79 Å². The predicted octanol–water partition coefficient (Wildman–Crippen LogP) is 6.60. The van der Waals surface area contributed by atoms with Crippen LogP contribution in [0.4, 0.5) is 0 Å². The molecule has 0 spiro atoms. The molecule has 0 radical (unpaired) electrons. The van der Waals surface area contributed by atoms with Gasteiger partial charge in [0.1, 0.15) is 0 Å². The van der Waals surface area contributed by atoms with Gasteiger partial charge in [0.15, 0.2) is 0 Å². The molecule has 34 heavy (non-hydrogen) atoms. The molecule has 0 bridgehead atoms. The standard InChI is InChI=1S/C30H46O4/c1-20-15-17-30(34,19-27(31)32)18-24(20)12-11-23-8-7-16-29(6)25(13-14-26(23)29)21(2)9-10-22(3)28(4,5)33/h9-12,21-22,25-26,33-34H,1,7-8,13-19H2,2-6H3,(H,31,32)/b10-9+,23-11+,24-12-/t21-,22+,25-,26+,29-,30+/m1/s1. The molecule has 3 saturated carbocycles. The van der Waals surface area contributed by atoms with Gasteiger partial charge in [-0.25, -0.2) is 0 Å². The topological polar surface area (TPSA) is 77.8 Å². The molecule has 3 rings (SSSR count). The Balaban J connectivity index is 1.77. The van der Waals surface area contributed by atoms with Crippen molar-refractivity contribution in [2.75, 3.05) is 0 Å². The first kappa shape index (κ1) is 26.9. The summed E-state index contributed by atoms with van der Waals surface area (Å²) >= 11 is 0. The second-order valence-corrected chi connectivity index (χ2v) is 12.3. The van der Waals surface area contributed by atoms with E-state index in [0.717, 1.165) is 17.6 Å². The number of allylic oxidation sites excluding steroid dienone is 5. The molecule has 4 nitrogen and oxygen atoms in total. The van der Waals surface area contributed by atoms with Gasteiger partial charge in [0.25, 0.3) is 0 Å². The fourth-order valence-corrected chi connectivity index (χ4v) is 6.78. The molecule has 3 aliphatic carbocycles. The molecule has 0 aliphatic heterocycles. The van der Waals surface area contributed by atoms with E-state index in [4.69, 9.17) is 0 Å². The molecule has 4 heteroatoms. The van der Waals surface area contributed by atoms with Gasteiger partial charge >= 0.3 is 5.97 Å². The SMILES string of the molecule is C=C1CC[C@@](O)(CC(=O)O)C/C1=C/C=C1\CCC[C@]2(C)[C@@H]([C@H](C)/C=C/[C@H](C)C(C)(C)O)CC[C@@H]12. The number of fused-ring (bicyclic) bond motifs is 1. The highest BCUT2D eigenvalue weighted by molar-refractivity contribution is 5.68. The lowest BCUT2D eigenvalue weighted by molar-refractivity contribution is -0.143. The summed E-state index contributed by atoms with van der Waals surface area (Å²) in [5, 5.41) is 30.3. The van der Waals surface area contributed by atoms with E-state index < -0.39 is 17.2 Å². The van der Waals surface area contributed by atoms with Crippen molar-refractivity contribution < 1.29 is 20.1 Å². The normalized spacial score (nSPS) is 36.7. The van der Waals surface area contributed by atoms with Crippen molar-refractivity contribution in [1.29, 1.82) is 0 Å². The van der Waals surface area contributed by atoms with E-state index in [9.17, 15) is 20.1 Å². The first-order valence-corrected chi connectivity index (χ1v) is 13.2. The molecule has 3 aliphatic rings. The maximum absolute atomic E-state index is 11.2. The van der Waals surface area contributed by atoms with Crippen LogP contribution in [0.3, 0.4) is 0 Å². The molecule has 0 amide bonds. The Morgan fingerprint density at radius 2 is 1.88 bits per heavy atom. The Hall–Kier alpha value is -1.65. The van der Waals surface area contributed by atoms with E-state index in [1.54, 1.807) is 0 Å². The summed E-state index contributed by atoms with van der Waals surface area (Å²) in [4.78, 5) is 11.2. The van der Waals surface area contributed by atoms with Gasteiger partial charge < -0.3 is 15.3 Å². The molecular weight excluding hydrogens is 424 g/mol. The van der Waals surface area contributed by atoms with Crippen LogP contribution in [0.25, 0.3) is 0 Å². The lowest BCUT2D eigenvalue weighted by atomic mass is 9.61. The van der Waals surface area contributed by atoms with Crippen LogP contribution in [0.15, 0.2) is 47.6 Å². The smallest absolute Gasteiger partial charge is 0.306 e. The number of carboxylic acid groups (broad SMARTS) is 1. The van der Waals surface area contributed by atoms with E-state index in [2.05, 4.69) is 51.7 Å². The number of hydrogen-bond donors (Lipinski definition) is 3. The van der Waals surface area contributed by atoms with Crippen LogP contribution in [-0.4, -0.2) is 32.5 Å². The quantitative estimate of drug-likeness (QED) is 0.366. The average Bonchev–Trinajstić information content (AvgIpc) is 3.08. The van der Waals surface area contributed by atoms with Crippen LogP contribution in [0, 0.1) is 29.1 Å². The molecule has 6 atom stereocenters. The Labute approximate surface area is 206 Å². The first-order chi connectivity index (χ1) is 15.7. The largest absolute Gasteiger partial charge is 0.481 e. The van der Waals surface area contributed by atoms with Crippen LogP contribution in [0.5, 0.6) is 0 Å². The molecule has 0 unspecified atom stereocenters. The van der Waals surface area contributed by atoms with Gasteiger partial charge in [-0.2, -0.15) is 0 Å². The van der Waals surface area contributed by atoms with Gasteiger partial charge in [-0.3, -0.25) is 4.79 Å². The van der Waals surface area contributed by atoms with E-state index in [0.29, 0.717) is 37.0 Å². The summed E-state index contributed by atoms with van der Waals surface area (Å²) in [5.41, 5.74) is 1.93. The average molecular weight is 471 g/mol. The lowest BCUT2D eigenvalue weighted by Gasteiger charge is -2.44. The van der Waals surface area contributed by atoms with Crippen molar-refractivity contribution in [3.05, 3.63) is 47.6 Å². The Bertz CT molecular complexity index is 873. The van der Waals surface area contributed by atoms with Gasteiger partial charge in [0.05, 0.1) is 17.6 Å². The third-order valence-corrected chi connectivity index (χ3v) is 9.33. The zero-order chi connectivity index (χ0) is 25.3. The van der Waals surface area contributed by atoms with Crippen LogP contribution < -0.4 is 0 Å². The number of aliphatic carboxylic acids is 1. The van der Waals surface area contributed by atoms with Crippen molar-refractivity contribution >= 4 is 5.97 Å². The summed E-state index contributed by atoms with van der Waals surface area (Å²) in [6.07, 6.45) is 16.2. The van der Waals surface area contributed by atoms with Gasteiger partial charge in [-0.1, -0.05) is 62.8 Å². The van der Waals surface area contributed by atoms with Crippen molar-refractivity contribution in [2.45, 2.75) is 104 Å². The Kier molecular flexibility index (Phi) is 8.04. The molecule has 0 aromatic carbocycles.